The van der Waals surface area contributed by atoms with Crippen LogP contribution in [-0.2, 0) is 16.1 Å². The highest BCUT2D eigenvalue weighted by atomic mass is 19.1. The topological polar surface area (TPSA) is 69.6 Å². The second-order valence-electron chi connectivity index (χ2n) is 5.58. The summed E-state index contributed by atoms with van der Waals surface area (Å²) in [4.78, 5) is 26.2. The first-order valence-corrected chi connectivity index (χ1v) is 7.48. The largest absolute Gasteiger partial charge is 0.396 e. The van der Waals surface area contributed by atoms with Gasteiger partial charge in [-0.3, -0.25) is 9.59 Å². The van der Waals surface area contributed by atoms with Gasteiger partial charge < -0.3 is 15.3 Å². The minimum atomic E-state index is -0.671. The molecule has 1 aliphatic rings. The van der Waals surface area contributed by atoms with Crippen LogP contribution in [0.1, 0.15) is 32.3 Å². The molecule has 1 aromatic carbocycles. The third kappa shape index (κ3) is 3.11. The molecule has 0 unspecified atom stereocenters. The van der Waals surface area contributed by atoms with Crippen LogP contribution >= 0.6 is 0 Å². The summed E-state index contributed by atoms with van der Waals surface area (Å²) in [7, 11) is 0. The summed E-state index contributed by atoms with van der Waals surface area (Å²) in [6.45, 7) is 3.55. The molecule has 0 radical (unpaired) electrons. The highest BCUT2D eigenvalue weighted by molar-refractivity contribution is 5.99. The van der Waals surface area contributed by atoms with Gasteiger partial charge in [-0.05, 0) is 18.1 Å². The van der Waals surface area contributed by atoms with Crippen LogP contribution in [0.4, 0.5) is 10.1 Å². The fraction of sp³-hybridized carbons (Fsp3) is 0.500. The van der Waals surface area contributed by atoms with Gasteiger partial charge in [-0.2, -0.15) is 0 Å². The highest BCUT2D eigenvalue weighted by Crippen LogP contribution is 2.29. The maximum Gasteiger partial charge on any atom is 0.247 e. The van der Waals surface area contributed by atoms with Crippen molar-refractivity contribution in [3.8, 4) is 0 Å². The molecular weight excluding hydrogens is 287 g/mol. The summed E-state index contributed by atoms with van der Waals surface area (Å²) in [5, 5.41) is 11.7. The molecule has 0 bridgehead atoms. The van der Waals surface area contributed by atoms with Crippen molar-refractivity contribution in [3.05, 3.63) is 29.6 Å². The van der Waals surface area contributed by atoms with Gasteiger partial charge in [-0.25, -0.2) is 4.39 Å². The first-order valence-electron chi connectivity index (χ1n) is 7.48. The van der Waals surface area contributed by atoms with E-state index in [1.165, 1.54) is 17.0 Å². The van der Waals surface area contributed by atoms with Gasteiger partial charge >= 0.3 is 0 Å². The molecule has 120 valence electrons. The fourth-order valence-corrected chi connectivity index (χ4v) is 2.72. The summed E-state index contributed by atoms with van der Waals surface area (Å²) >= 11 is 0. The Labute approximate surface area is 129 Å². The molecule has 0 fully saturated rings. The van der Waals surface area contributed by atoms with E-state index < -0.39 is 11.9 Å². The number of benzene rings is 1. The molecule has 1 aromatic rings. The van der Waals surface area contributed by atoms with E-state index in [4.69, 9.17) is 5.11 Å². The Morgan fingerprint density at radius 3 is 2.91 bits per heavy atom. The number of rotatable bonds is 4. The summed E-state index contributed by atoms with van der Waals surface area (Å²) in [5.41, 5.74) is 0.700. The van der Waals surface area contributed by atoms with Gasteiger partial charge in [0.05, 0.1) is 13.2 Å². The van der Waals surface area contributed by atoms with E-state index in [1.807, 2.05) is 13.8 Å². The molecule has 1 aliphatic heterocycles. The summed E-state index contributed by atoms with van der Waals surface area (Å²) in [6.07, 6.45) is 0.629. The van der Waals surface area contributed by atoms with Gasteiger partial charge in [0.25, 0.3) is 0 Å². The third-order valence-electron chi connectivity index (χ3n) is 4.14. The number of anilines is 1. The van der Waals surface area contributed by atoms with Crippen LogP contribution in [0.2, 0.25) is 0 Å². The van der Waals surface area contributed by atoms with Gasteiger partial charge in [0.2, 0.25) is 11.8 Å². The number of fused-ring (bicyclic) bond motifs is 1. The second-order valence-corrected chi connectivity index (χ2v) is 5.58. The van der Waals surface area contributed by atoms with E-state index in [2.05, 4.69) is 5.32 Å². The third-order valence-corrected chi connectivity index (χ3v) is 4.14. The average molecular weight is 308 g/mol. The summed E-state index contributed by atoms with van der Waals surface area (Å²) < 4.78 is 14.1. The fourth-order valence-electron chi connectivity index (χ4n) is 2.72. The zero-order valence-electron chi connectivity index (χ0n) is 12.8. The molecule has 0 aromatic heterocycles. The summed E-state index contributed by atoms with van der Waals surface area (Å²) in [5.74, 6) is -1.19. The first kappa shape index (κ1) is 16.4. The number of carbonyl (C=O) groups is 2. The number of nitrogens with zero attached hydrogens (tertiary/aromatic N) is 1. The van der Waals surface area contributed by atoms with Crippen molar-refractivity contribution in [1.82, 2.24) is 4.90 Å². The number of aliphatic hydroxyl groups is 1. The zero-order valence-corrected chi connectivity index (χ0v) is 12.8. The van der Waals surface area contributed by atoms with Crippen molar-refractivity contribution < 1.29 is 19.1 Å². The van der Waals surface area contributed by atoms with Crippen LogP contribution in [0, 0.1) is 11.7 Å². The van der Waals surface area contributed by atoms with Gasteiger partial charge in [0.15, 0.2) is 0 Å². The lowest BCUT2D eigenvalue weighted by molar-refractivity contribution is -0.141. The predicted molar refractivity (Wildman–Crippen MR) is 80.5 cm³/mol. The lowest BCUT2D eigenvalue weighted by Gasteiger charge is -2.32. The van der Waals surface area contributed by atoms with Crippen molar-refractivity contribution in [2.75, 3.05) is 11.9 Å². The van der Waals surface area contributed by atoms with Gasteiger partial charge in [0.1, 0.15) is 11.9 Å². The quantitative estimate of drug-likeness (QED) is 0.892. The molecule has 0 saturated heterocycles. The van der Waals surface area contributed by atoms with E-state index >= 15 is 0 Å². The van der Waals surface area contributed by atoms with E-state index in [1.54, 1.807) is 6.07 Å². The minimum Gasteiger partial charge on any atom is -0.396 e. The Morgan fingerprint density at radius 1 is 1.55 bits per heavy atom. The van der Waals surface area contributed by atoms with E-state index in [-0.39, 0.29) is 37.3 Å². The molecule has 2 atom stereocenters. The maximum absolute atomic E-state index is 14.1. The van der Waals surface area contributed by atoms with Crippen molar-refractivity contribution >= 4 is 17.5 Å². The molecule has 2 N–H and O–H groups in total. The Kier molecular flexibility index (Phi) is 5.13. The maximum atomic E-state index is 14.1. The van der Waals surface area contributed by atoms with E-state index in [0.717, 1.165) is 0 Å². The number of hydrogen-bond donors (Lipinski definition) is 2. The SMILES string of the molecule is CC[C@H](C)[C@H]1C(=O)Nc2cccc(F)c2CN1C(=O)CCO. The van der Waals surface area contributed by atoms with Crippen molar-refractivity contribution in [2.45, 2.75) is 39.3 Å². The molecule has 0 spiro atoms. The van der Waals surface area contributed by atoms with Crippen LogP contribution in [0.15, 0.2) is 18.2 Å². The predicted octanol–water partition coefficient (Wildman–Crippen LogP) is 1.90. The molecule has 22 heavy (non-hydrogen) atoms. The highest BCUT2D eigenvalue weighted by Gasteiger charge is 2.36. The number of halogens is 1. The summed E-state index contributed by atoms with van der Waals surface area (Å²) in [6, 6.07) is 3.79. The standard InChI is InChI=1S/C16H21FN2O3/c1-3-10(2)15-16(22)18-13-6-4-5-12(17)11(13)9-19(15)14(21)7-8-20/h4-6,10,15,20H,3,7-9H2,1-2H3,(H,18,22)/t10-,15-/m0/s1. The monoisotopic (exact) mass is 308 g/mol. The number of carbonyl (C=O) groups excluding carboxylic acids is 2. The smallest absolute Gasteiger partial charge is 0.247 e. The molecular formula is C16H21FN2O3. The lowest BCUT2D eigenvalue weighted by Crippen LogP contribution is -2.49. The lowest BCUT2D eigenvalue weighted by atomic mass is 9.96. The van der Waals surface area contributed by atoms with E-state index in [0.29, 0.717) is 17.7 Å². The molecule has 0 saturated carbocycles. The molecule has 1 heterocycles. The van der Waals surface area contributed by atoms with Crippen LogP contribution in [0.5, 0.6) is 0 Å². The second kappa shape index (κ2) is 6.87. The van der Waals surface area contributed by atoms with Gasteiger partial charge in [-0.1, -0.05) is 26.3 Å². The van der Waals surface area contributed by atoms with E-state index in [9.17, 15) is 14.0 Å². The molecule has 2 rings (SSSR count). The van der Waals surface area contributed by atoms with Crippen molar-refractivity contribution in [2.24, 2.45) is 5.92 Å². The van der Waals surface area contributed by atoms with Crippen molar-refractivity contribution in [3.63, 3.8) is 0 Å². The van der Waals surface area contributed by atoms with Gasteiger partial charge in [0, 0.05) is 17.7 Å². The number of aliphatic hydroxyl groups excluding tert-OH is 1. The molecule has 5 nitrogen and oxygen atoms in total. The normalized spacial score (nSPS) is 19.2. The van der Waals surface area contributed by atoms with Crippen LogP contribution in [-0.4, -0.2) is 34.5 Å². The minimum absolute atomic E-state index is 0.0224. The first-order chi connectivity index (χ1) is 10.5. The van der Waals surface area contributed by atoms with Crippen LogP contribution in [0.3, 0.4) is 0 Å². The Bertz CT molecular complexity index is 577. The number of nitrogens with one attached hydrogen (secondary N) is 1. The van der Waals surface area contributed by atoms with Gasteiger partial charge in [-0.15, -0.1) is 0 Å². The average Bonchev–Trinajstić information content (AvgIpc) is 2.63. The van der Waals surface area contributed by atoms with Crippen LogP contribution in [0.25, 0.3) is 0 Å². The van der Waals surface area contributed by atoms with Crippen molar-refractivity contribution in [1.29, 1.82) is 0 Å². The Balaban J connectivity index is 2.46. The van der Waals surface area contributed by atoms with Crippen LogP contribution < -0.4 is 5.32 Å². The molecule has 6 heteroatoms. The molecule has 2 amide bonds. The number of hydrogen-bond acceptors (Lipinski definition) is 3. The Morgan fingerprint density at radius 2 is 2.27 bits per heavy atom. The zero-order chi connectivity index (χ0) is 16.3. The Hall–Kier alpha value is -1.95. The molecule has 0 aliphatic carbocycles. The number of amides is 2.